The maximum atomic E-state index is 13.4. The van der Waals surface area contributed by atoms with E-state index in [9.17, 15) is 17.2 Å². The van der Waals surface area contributed by atoms with Gasteiger partial charge in [0.05, 0.1) is 11.9 Å². The maximum Gasteiger partial charge on any atom is 0.263 e. The summed E-state index contributed by atoms with van der Waals surface area (Å²) in [7, 11) is -4.15. The fourth-order valence-corrected chi connectivity index (χ4v) is 2.37. The lowest BCUT2D eigenvalue weighted by Crippen LogP contribution is -2.14. The molecule has 0 bridgehead atoms. The van der Waals surface area contributed by atoms with E-state index in [1.54, 1.807) is 0 Å². The fraction of sp³-hybridized carbons (Fsp3) is 0. The number of sulfonamides is 1. The lowest BCUT2D eigenvalue weighted by Gasteiger charge is -2.08. The van der Waals surface area contributed by atoms with Crippen molar-refractivity contribution < 1.29 is 22.3 Å². The molecule has 19 heavy (non-hydrogen) atoms. The molecule has 0 radical (unpaired) electrons. The summed E-state index contributed by atoms with van der Waals surface area (Å²) in [5.74, 6) is -2.12. The number of nitrogens with zero attached hydrogens (tertiary/aromatic N) is 1. The van der Waals surface area contributed by atoms with Crippen LogP contribution in [0.1, 0.15) is 0 Å². The minimum absolute atomic E-state index is 0.340. The number of phenolic OH excluding ortho intramolecular Hbond substituents is 1. The normalized spacial score (nSPS) is 11.3. The first kappa shape index (κ1) is 13.2. The molecule has 1 heterocycles. The average Bonchev–Trinajstić information content (AvgIpc) is 2.33. The summed E-state index contributed by atoms with van der Waals surface area (Å²) >= 11 is 0. The number of aromatic nitrogens is 1. The van der Waals surface area contributed by atoms with E-state index in [2.05, 4.69) is 4.98 Å². The van der Waals surface area contributed by atoms with Crippen molar-refractivity contribution in [1.82, 2.24) is 4.98 Å². The van der Waals surface area contributed by atoms with Crippen molar-refractivity contribution in [2.24, 2.45) is 0 Å². The number of hydrogen-bond donors (Lipinski definition) is 2. The van der Waals surface area contributed by atoms with E-state index in [1.807, 2.05) is 4.72 Å². The Morgan fingerprint density at radius 3 is 2.53 bits per heavy atom. The smallest absolute Gasteiger partial charge is 0.263 e. The van der Waals surface area contributed by atoms with Crippen LogP contribution in [0.25, 0.3) is 0 Å². The monoisotopic (exact) mass is 286 g/mol. The highest BCUT2D eigenvalue weighted by Crippen LogP contribution is 2.22. The first-order chi connectivity index (χ1) is 8.88. The summed E-state index contributed by atoms with van der Waals surface area (Å²) in [6.45, 7) is 0. The average molecular weight is 286 g/mol. The standard InChI is InChI=1S/C11H8F2N2O3S/c12-7-3-9(6-14-5-7)19(17,18)15-11-2-1-8(16)4-10(11)13/h1-6,15-16H. The Balaban J connectivity index is 2.36. The molecule has 0 fully saturated rings. The van der Waals surface area contributed by atoms with Gasteiger partial charge >= 0.3 is 0 Å². The highest BCUT2D eigenvalue weighted by atomic mass is 32.2. The van der Waals surface area contributed by atoms with Crippen molar-refractivity contribution in [3.8, 4) is 5.75 Å². The van der Waals surface area contributed by atoms with Crippen LogP contribution in [0.4, 0.5) is 14.5 Å². The summed E-state index contributed by atoms with van der Waals surface area (Å²) in [6.07, 6.45) is 1.78. The van der Waals surface area contributed by atoms with Gasteiger partial charge in [-0.1, -0.05) is 0 Å². The molecule has 2 aromatic rings. The number of phenols is 1. The van der Waals surface area contributed by atoms with Crippen molar-refractivity contribution >= 4 is 15.7 Å². The van der Waals surface area contributed by atoms with E-state index >= 15 is 0 Å². The molecule has 2 rings (SSSR count). The second kappa shape index (κ2) is 4.81. The summed E-state index contributed by atoms with van der Waals surface area (Å²) in [6, 6.07) is 3.68. The van der Waals surface area contributed by atoms with Crippen LogP contribution in [-0.4, -0.2) is 18.5 Å². The second-order valence-corrected chi connectivity index (χ2v) is 5.29. The van der Waals surface area contributed by atoms with Crippen molar-refractivity contribution in [3.63, 3.8) is 0 Å². The topological polar surface area (TPSA) is 79.3 Å². The van der Waals surface area contributed by atoms with Gasteiger partial charge in [0, 0.05) is 12.3 Å². The highest BCUT2D eigenvalue weighted by Gasteiger charge is 2.17. The van der Waals surface area contributed by atoms with Crippen molar-refractivity contribution in [2.45, 2.75) is 4.90 Å². The first-order valence-electron chi connectivity index (χ1n) is 5.00. The van der Waals surface area contributed by atoms with Gasteiger partial charge in [-0.25, -0.2) is 17.2 Å². The Morgan fingerprint density at radius 2 is 1.89 bits per heavy atom. The molecule has 100 valence electrons. The predicted molar refractivity (Wildman–Crippen MR) is 63.1 cm³/mol. The SMILES string of the molecule is O=S(=O)(Nc1ccc(O)cc1F)c1cncc(F)c1. The van der Waals surface area contributed by atoms with E-state index in [-0.39, 0.29) is 11.4 Å². The van der Waals surface area contributed by atoms with Gasteiger partial charge in [0.15, 0.2) is 5.82 Å². The maximum absolute atomic E-state index is 13.4. The molecule has 0 saturated carbocycles. The number of rotatable bonds is 3. The molecule has 0 unspecified atom stereocenters. The lowest BCUT2D eigenvalue weighted by atomic mass is 10.3. The number of benzene rings is 1. The van der Waals surface area contributed by atoms with Crippen molar-refractivity contribution in [1.29, 1.82) is 0 Å². The second-order valence-electron chi connectivity index (χ2n) is 3.61. The van der Waals surface area contributed by atoms with E-state index in [0.29, 0.717) is 0 Å². The van der Waals surface area contributed by atoms with Gasteiger partial charge in [0.25, 0.3) is 10.0 Å². The van der Waals surface area contributed by atoms with Crippen LogP contribution in [0.15, 0.2) is 41.6 Å². The Bertz CT molecular complexity index is 720. The van der Waals surface area contributed by atoms with Crippen LogP contribution in [0.3, 0.4) is 0 Å². The van der Waals surface area contributed by atoms with Gasteiger partial charge in [-0.05, 0) is 18.2 Å². The minimum atomic E-state index is -4.15. The van der Waals surface area contributed by atoms with Gasteiger partial charge in [0.1, 0.15) is 16.5 Å². The molecular weight excluding hydrogens is 278 g/mol. The number of anilines is 1. The summed E-state index contributed by atoms with van der Waals surface area (Å²) in [4.78, 5) is 2.97. The zero-order valence-corrected chi connectivity index (χ0v) is 10.2. The summed E-state index contributed by atoms with van der Waals surface area (Å²) < 4.78 is 51.9. The predicted octanol–water partition coefficient (Wildman–Crippen LogP) is 1.87. The zero-order valence-electron chi connectivity index (χ0n) is 9.34. The number of aromatic hydroxyl groups is 1. The molecule has 0 atom stereocenters. The van der Waals surface area contributed by atoms with Crippen LogP contribution in [0.5, 0.6) is 5.75 Å². The number of hydrogen-bond acceptors (Lipinski definition) is 4. The first-order valence-corrected chi connectivity index (χ1v) is 6.49. The molecule has 2 N–H and O–H groups in total. The Hall–Kier alpha value is -2.22. The molecule has 0 spiro atoms. The Morgan fingerprint density at radius 1 is 1.16 bits per heavy atom. The summed E-state index contributed by atoms with van der Waals surface area (Å²) in [5, 5.41) is 9.01. The van der Waals surface area contributed by atoms with Crippen LogP contribution in [-0.2, 0) is 10.0 Å². The largest absolute Gasteiger partial charge is 0.508 e. The van der Waals surface area contributed by atoms with Crippen LogP contribution in [0, 0.1) is 11.6 Å². The molecule has 1 aromatic heterocycles. The third kappa shape index (κ3) is 2.97. The number of pyridine rings is 1. The van der Waals surface area contributed by atoms with Crippen LogP contribution < -0.4 is 4.72 Å². The van der Waals surface area contributed by atoms with E-state index in [0.717, 1.165) is 36.7 Å². The Kier molecular flexibility index (Phi) is 3.34. The van der Waals surface area contributed by atoms with Gasteiger partial charge in [-0.3, -0.25) is 9.71 Å². The molecule has 0 aliphatic carbocycles. The van der Waals surface area contributed by atoms with Gasteiger partial charge in [0.2, 0.25) is 0 Å². The molecule has 0 aliphatic rings. The molecule has 0 saturated heterocycles. The van der Waals surface area contributed by atoms with Gasteiger partial charge in [-0.2, -0.15) is 0 Å². The lowest BCUT2D eigenvalue weighted by molar-refractivity contribution is 0.469. The molecular formula is C11H8F2N2O3S. The number of nitrogens with one attached hydrogen (secondary N) is 1. The number of halogens is 2. The minimum Gasteiger partial charge on any atom is -0.508 e. The van der Waals surface area contributed by atoms with E-state index < -0.39 is 26.6 Å². The molecule has 5 nitrogen and oxygen atoms in total. The fourth-order valence-electron chi connectivity index (χ4n) is 1.33. The Labute approximate surface area is 107 Å². The highest BCUT2D eigenvalue weighted by molar-refractivity contribution is 7.92. The summed E-state index contributed by atoms with van der Waals surface area (Å²) in [5.41, 5.74) is -0.359. The quantitative estimate of drug-likeness (QED) is 0.844. The van der Waals surface area contributed by atoms with Crippen molar-refractivity contribution in [3.05, 3.63) is 48.3 Å². The molecule has 8 heteroatoms. The third-order valence-corrected chi connectivity index (χ3v) is 3.52. The van der Waals surface area contributed by atoms with E-state index in [4.69, 9.17) is 5.11 Å². The molecule has 0 aliphatic heterocycles. The van der Waals surface area contributed by atoms with Crippen LogP contribution in [0.2, 0.25) is 0 Å². The van der Waals surface area contributed by atoms with Gasteiger partial charge < -0.3 is 5.11 Å². The molecule has 0 amide bonds. The van der Waals surface area contributed by atoms with Crippen molar-refractivity contribution in [2.75, 3.05) is 4.72 Å². The van der Waals surface area contributed by atoms with Crippen LogP contribution >= 0.6 is 0 Å². The molecule has 1 aromatic carbocycles. The van der Waals surface area contributed by atoms with E-state index in [1.165, 1.54) is 0 Å². The zero-order chi connectivity index (χ0) is 14.0. The van der Waals surface area contributed by atoms with Gasteiger partial charge in [-0.15, -0.1) is 0 Å². The third-order valence-electron chi connectivity index (χ3n) is 2.19.